The Labute approximate surface area is 138 Å². The Hall–Kier alpha value is -2.20. The van der Waals surface area contributed by atoms with Crippen molar-refractivity contribution >= 4 is 0 Å². The van der Waals surface area contributed by atoms with Gasteiger partial charge >= 0.3 is 0 Å². The van der Waals surface area contributed by atoms with Crippen LogP contribution in [-0.4, -0.2) is 27.9 Å². The minimum atomic E-state index is 0.407. The summed E-state index contributed by atoms with van der Waals surface area (Å²) in [6, 6.07) is 12.2. The second kappa shape index (κ2) is 7.88. The Morgan fingerprint density at radius 2 is 1.52 bits per heavy atom. The third kappa shape index (κ3) is 3.77. The normalized spacial score (nSPS) is 11.9. The molecule has 2 aromatic carbocycles. The molecule has 0 radical (unpaired) electrons. The van der Waals surface area contributed by atoms with E-state index in [0.717, 1.165) is 23.3 Å². The van der Waals surface area contributed by atoms with E-state index in [2.05, 4.69) is 19.1 Å². The van der Waals surface area contributed by atoms with Crippen LogP contribution >= 0.6 is 0 Å². The van der Waals surface area contributed by atoms with Gasteiger partial charge in [0.2, 0.25) is 0 Å². The molecular formula is C19H25NO3. The summed E-state index contributed by atoms with van der Waals surface area (Å²) in [7, 11) is 4.95. The molecule has 4 nitrogen and oxygen atoms in total. The fraction of sp³-hybridized carbons (Fsp3) is 0.368. The summed E-state index contributed by atoms with van der Waals surface area (Å²) in [6.45, 7) is 2.87. The topological polar surface area (TPSA) is 53.7 Å². The van der Waals surface area contributed by atoms with E-state index in [1.54, 1.807) is 21.3 Å². The van der Waals surface area contributed by atoms with Crippen molar-refractivity contribution in [2.24, 2.45) is 5.73 Å². The van der Waals surface area contributed by atoms with Crippen LogP contribution in [0.15, 0.2) is 36.4 Å². The van der Waals surface area contributed by atoms with Gasteiger partial charge in [-0.1, -0.05) is 19.1 Å². The Morgan fingerprint density at radius 1 is 0.870 bits per heavy atom. The first-order valence-corrected chi connectivity index (χ1v) is 7.75. The Morgan fingerprint density at radius 3 is 2.13 bits per heavy atom. The maximum absolute atomic E-state index is 5.69. The molecule has 1 unspecified atom stereocenters. The molecule has 0 aromatic heterocycles. The molecule has 4 heteroatoms. The number of methoxy groups -OCH3 is 3. The number of hydrogen-bond donors (Lipinski definition) is 1. The second-order valence-corrected chi connectivity index (χ2v) is 5.51. The summed E-state index contributed by atoms with van der Waals surface area (Å²) in [4.78, 5) is 0. The van der Waals surface area contributed by atoms with Crippen molar-refractivity contribution < 1.29 is 14.2 Å². The van der Waals surface area contributed by atoms with Crippen LogP contribution in [0.25, 0.3) is 11.1 Å². The van der Waals surface area contributed by atoms with Gasteiger partial charge < -0.3 is 19.9 Å². The van der Waals surface area contributed by atoms with Gasteiger partial charge in [0.25, 0.3) is 0 Å². The minimum Gasteiger partial charge on any atom is -0.496 e. The molecule has 0 saturated heterocycles. The van der Waals surface area contributed by atoms with Crippen LogP contribution in [0.3, 0.4) is 0 Å². The van der Waals surface area contributed by atoms with Crippen LogP contribution in [0.2, 0.25) is 0 Å². The van der Waals surface area contributed by atoms with Crippen LogP contribution in [0, 0.1) is 0 Å². The molecule has 0 saturated carbocycles. The lowest BCUT2D eigenvalue weighted by Gasteiger charge is -2.16. The number of hydrogen-bond acceptors (Lipinski definition) is 4. The first-order chi connectivity index (χ1) is 11.1. The predicted octanol–water partition coefficient (Wildman–Crippen LogP) is 3.83. The molecule has 23 heavy (non-hydrogen) atoms. The molecule has 124 valence electrons. The molecule has 0 amide bonds. The fourth-order valence-electron chi connectivity index (χ4n) is 2.68. The van der Waals surface area contributed by atoms with Crippen molar-refractivity contribution in [2.75, 3.05) is 27.9 Å². The molecular weight excluding hydrogens is 290 g/mol. The lowest BCUT2D eigenvalue weighted by atomic mass is 9.93. The van der Waals surface area contributed by atoms with E-state index in [4.69, 9.17) is 19.9 Å². The maximum Gasteiger partial charge on any atom is 0.161 e. The molecule has 0 fully saturated rings. The standard InChI is InChI=1S/C19H25NO3/c1-13(9-10-20)14-5-7-17(21-2)16(11-14)15-6-8-18(22-3)19(12-15)23-4/h5-8,11-13H,9-10,20H2,1-4H3. The van der Waals surface area contributed by atoms with Crippen LogP contribution < -0.4 is 19.9 Å². The number of rotatable bonds is 7. The number of nitrogens with two attached hydrogens (primary N) is 1. The van der Waals surface area contributed by atoms with Gasteiger partial charge in [0, 0.05) is 5.56 Å². The average Bonchev–Trinajstić information content (AvgIpc) is 2.60. The van der Waals surface area contributed by atoms with Gasteiger partial charge in [-0.2, -0.15) is 0 Å². The van der Waals surface area contributed by atoms with Gasteiger partial charge in [-0.3, -0.25) is 0 Å². The molecule has 1 atom stereocenters. The summed E-state index contributed by atoms with van der Waals surface area (Å²) in [5.41, 5.74) is 9.00. The van der Waals surface area contributed by atoms with Crippen LogP contribution in [0.5, 0.6) is 17.2 Å². The van der Waals surface area contributed by atoms with E-state index in [1.165, 1.54) is 5.56 Å². The van der Waals surface area contributed by atoms with Gasteiger partial charge in [0.15, 0.2) is 11.5 Å². The molecule has 2 aromatic rings. The van der Waals surface area contributed by atoms with Crippen molar-refractivity contribution in [3.8, 4) is 28.4 Å². The summed E-state index contributed by atoms with van der Waals surface area (Å²) in [6.07, 6.45) is 0.956. The third-order valence-corrected chi connectivity index (χ3v) is 4.09. The monoisotopic (exact) mass is 315 g/mol. The van der Waals surface area contributed by atoms with E-state index in [1.807, 2.05) is 24.3 Å². The first kappa shape index (κ1) is 17.2. The largest absolute Gasteiger partial charge is 0.496 e. The van der Waals surface area contributed by atoms with Crippen LogP contribution in [0.1, 0.15) is 24.8 Å². The molecule has 0 aliphatic carbocycles. The zero-order valence-corrected chi connectivity index (χ0v) is 14.3. The molecule has 2 N–H and O–H groups in total. The Balaban J connectivity index is 2.50. The first-order valence-electron chi connectivity index (χ1n) is 7.75. The minimum absolute atomic E-state index is 0.407. The van der Waals surface area contributed by atoms with Crippen molar-refractivity contribution in [1.29, 1.82) is 0 Å². The second-order valence-electron chi connectivity index (χ2n) is 5.51. The van der Waals surface area contributed by atoms with Gasteiger partial charge in [-0.05, 0) is 54.3 Å². The van der Waals surface area contributed by atoms with Gasteiger partial charge in [0.05, 0.1) is 21.3 Å². The number of benzene rings is 2. The highest BCUT2D eigenvalue weighted by atomic mass is 16.5. The van der Waals surface area contributed by atoms with Crippen molar-refractivity contribution in [3.05, 3.63) is 42.0 Å². The fourth-order valence-corrected chi connectivity index (χ4v) is 2.68. The highest BCUT2D eigenvalue weighted by Gasteiger charge is 2.13. The zero-order valence-electron chi connectivity index (χ0n) is 14.3. The zero-order chi connectivity index (χ0) is 16.8. The van der Waals surface area contributed by atoms with Gasteiger partial charge in [-0.15, -0.1) is 0 Å². The van der Waals surface area contributed by atoms with E-state index in [-0.39, 0.29) is 0 Å². The molecule has 2 rings (SSSR count). The van der Waals surface area contributed by atoms with Crippen molar-refractivity contribution in [2.45, 2.75) is 19.3 Å². The predicted molar refractivity (Wildman–Crippen MR) is 93.6 cm³/mol. The summed E-state index contributed by atoms with van der Waals surface area (Å²) < 4.78 is 16.2. The summed E-state index contributed by atoms with van der Waals surface area (Å²) in [5, 5.41) is 0. The third-order valence-electron chi connectivity index (χ3n) is 4.09. The highest BCUT2D eigenvalue weighted by Crippen LogP contribution is 2.38. The van der Waals surface area contributed by atoms with Gasteiger partial charge in [0.1, 0.15) is 5.75 Å². The van der Waals surface area contributed by atoms with Crippen molar-refractivity contribution in [3.63, 3.8) is 0 Å². The molecule has 0 aliphatic rings. The maximum atomic E-state index is 5.69. The molecule has 0 heterocycles. The molecule has 0 aliphatic heterocycles. The lowest BCUT2D eigenvalue weighted by Crippen LogP contribution is -2.04. The van der Waals surface area contributed by atoms with Crippen LogP contribution in [0.4, 0.5) is 0 Å². The van der Waals surface area contributed by atoms with E-state index < -0.39 is 0 Å². The summed E-state index contributed by atoms with van der Waals surface area (Å²) >= 11 is 0. The molecule has 0 bridgehead atoms. The average molecular weight is 315 g/mol. The smallest absolute Gasteiger partial charge is 0.161 e. The highest BCUT2D eigenvalue weighted by molar-refractivity contribution is 5.73. The van der Waals surface area contributed by atoms with E-state index in [0.29, 0.717) is 24.0 Å². The SMILES string of the molecule is COc1ccc(-c2cc(C(C)CCN)ccc2OC)cc1OC. The van der Waals surface area contributed by atoms with E-state index >= 15 is 0 Å². The summed E-state index contributed by atoms with van der Waals surface area (Å²) in [5.74, 6) is 2.65. The van der Waals surface area contributed by atoms with E-state index in [9.17, 15) is 0 Å². The van der Waals surface area contributed by atoms with Crippen LogP contribution in [-0.2, 0) is 0 Å². The van der Waals surface area contributed by atoms with Gasteiger partial charge in [-0.25, -0.2) is 0 Å². The van der Waals surface area contributed by atoms with Crippen molar-refractivity contribution in [1.82, 2.24) is 0 Å². The Bertz CT molecular complexity index is 655. The molecule has 0 spiro atoms. The Kier molecular flexibility index (Phi) is 5.88. The number of ether oxygens (including phenoxy) is 3. The quantitative estimate of drug-likeness (QED) is 0.843. The lowest BCUT2D eigenvalue weighted by molar-refractivity contribution is 0.355.